The Hall–Kier alpha value is -2.10. The number of anilines is 1. The van der Waals surface area contributed by atoms with Crippen LogP contribution in [-0.4, -0.2) is 37.1 Å². The summed E-state index contributed by atoms with van der Waals surface area (Å²) in [6, 6.07) is 1.71. The average molecular weight is 298 g/mol. The lowest BCUT2D eigenvalue weighted by molar-refractivity contribution is -0.192. The molecule has 104 valence electrons. The van der Waals surface area contributed by atoms with Crippen molar-refractivity contribution in [2.75, 3.05) is 5.73 Å². The Balaban J connectivity index is 0.000000224. The van der Waals surface area contributed by atoms with Crippen LogP contribution in [0.4, 0.5) is 19.1 Å². The number of nitrogens with two attached hydrogens (primary N) is 1. The molecule has 11 heteroatoms. The molecule has 2 rings (SSSR count). The van der Waals surface area contributed by atoms with Gasteiger partial charge in [0.15, 0.2) is 10.8 Å². The number of carboxylic acid groups (broad SMARTS) is 1. The first-order valence-electron chi connectivity index (χ1n) is 4.57. The number of nitrogen functional groups attached to an aromatic ring is 1. The zero-order chi connectivity index (χ0) is 14.8. The van der Waals surface area contributed by atoms with Gasteiger partial charge in [-0.25, -0.2) is 4.79 Å². The molecule has 0 atom stereocenters. The molecule has 0 unspecified atom stereocenters. The molecule has 0 amide bonds. The van der Waals surface area contributed by atoms with Crippen LogP contribution < -0.4 is 5.73 Å². The van der Waals surface area contributed by atoms with Gasteiger partial charge in [0, 0.05) is 0 Å². The van der Waals surface area contributed by atoms with E-state index in [2.05, 4.69) is 15.3 Å². The molecule has 0 aliphatic heterocycles. The molecule has 2 aromatic rings. The van der Waals surface area contributed by atoms with Crippen LogP contribution >= 0.6 is 11.6 Å². The summed E-state index contributed by atoms with van der Waals surface area (Å²) >= 11 is 5.71. The SMILES string of the molecule is Cc1cc(Cl)nn2c(N)nnc12.O=C(O)C(F)(F)F. The highest BCUT2D eigenvalue weighted by atomic mass is 35.5. The number of aryl methyl sites for hydroxylation is 1. The second-order valence-electron chi connectivity index (χ2n) is 3.25. The fraction of sp³-hybridized carbons (Fsp3) is 0.250. The first kappa shape index (κ1) is 15.0. The van der Waals surface area contributed by atoms with Crippen molar-refractivity contribution in [2.24, 2.45) is 0 Å². The van der Waals surface area contributed by atoms with Gasteiger partial charge < -0.3 is 10.8 Å². The van der Waals surface area contributed by atoms with E-state index in [1.165, 1.54) is 4.52 Å². The van der Waals surface area contributed by atoms with Gasteiger partial charge in [-0.3, -0.25) is 0 Å². The molecule has 0 saturated heterocycles. The Morgan fingerprint density at radius 1 is 1.47 bits per heavy atom. The smallest absolute Gasteiger partial charge is 0.475 e. The zero-order valence-electron chi connectivity index (χ0n) is 9.31. The van der Waals surface area contributed by atoms with Crippen LogP contribution in [0.25, 0.3) is 5.65 Å². The molecule has 0 aliphatic rings. The third kappa shape index (κ3) is 3.68. The molecule has 0 bridgehead atoms. The molecule has 7 nitrogen and oxygen atoms in total. The predicted octanol–water partition coefficient (Wildman–Crippen LogP) is 1.30. The molecule has 0 aliphatic carbocycles. The van der Waals surface area contributed by atoms with Crippen LogP contribution in [-0.2, 0) is 4.79 Å². The third-order valence-electron chi connectivity index (χ3n) is 1.79. The van der Waals surface area contributed by atoms with Gasteiger partial charge >= 0.3 is 12.1 Å². The normalized spacial score (nSPS) is 11.0. The number of nitrogens with zero attached hydrogens (tertiary/aromatic N) is 4. The second kappa shape index (κ2) is 5.26. The molecular weight excluding hydrogens is 291 g/mol. The third-order valence-corrected chi connectivity index (χ3v) is 1.98. The van der Waals surface area contributed by atoms with E-state index in [9.17, 15) is 13.2 Å². The number of halogens is 4. The molecule has 0 spiro atoms. The number of aromatic nitrogens is 4. The number of rotatable bonds is 0. The number of aliphatic carboxylic acids is 1. The van der Waals surface area contributed by atoms with E-state index in [1.54, 1.807) is 6.07 Å². The summed E-state index contributed by atoms with van der Waals surface area (Å²) in [4.78, 5) is 8.90. The number of hydrogen-bond acceptors (Lipinski definition) is 5. The van der Waals surface area contributed by atoms with Crippen molar-refractivity contribution in [2.45, 2.75) is 13.1 Å². The maximum absolute atomic E-state index is 10.6. The molecular formula is C8H7ClF3N5O2. The van der Waals surface area contributed by atoms with Gasteiger partial charge in [-0.1, -0.05) is 11.6 Å². The van der Waals surface area contributed by atoms with Crippen molar-refractivity contribution >= 4 is 29.2 Å². The largest absolute Gasteiger partial charge is 0.490 e. The molecule has 2 aromatic heterocycles. The van der Waals surface area contributed by atoms with Crippen LogP contribution in [0.3, 0.4) is 0 Å². The molecule has 0 fully saturated rings. The van der Waals surface area contributed by atoms with E-state index in [4.69, 9.17) is 27.2 Å². The van der Waals surface area contributed by atoms with Crippen LogP contribution in [0.15, 0.2) is 6.07 Å². The zero-order valence-corrected chi connectivity index (χ0v) is 10.1. The summed E-state index contributed by atoms with van der Waals surface area (Å²) in [5.74, 6) is -2.51. The van der Waals surface area contributed by atoms with E-state index in [1.807, 2.05) is 6.92 Å². The summed E-state index contributed by atoms with van der Waals surface area (Å²) in [6.45, 7) is 1.87. The summed E-state index contributed by atoms with van der Waals surface area (Å²) < 4.78 is 33.2. The van der Waals surface area contributed by atoms with Crippen LogP contribution in [0.2, 0.25) is 5.15 Å². The number of carbonyl (C=O) groups is 1. The second-order valence-corrected chi connectivity index (χ2v) is 3.63. The van der Waals surface area contributed by atoms with Gasteiger partial charge in [0.05, 0.1) is 0 Å². The highest BCUT2D eigenvalue weighted by Gasteiger charge is 2.38. The highest BCUT2D eigenvalue weighted by Crippen LogP contribution is 2.13. The lowest BCUT2D eigenvalue weighted by Gasteiger charge is -1.96. The van der Waals surface area contributed by atoms with Crippen LogP contribution in [0.5, 0.6) is 0 Å². The van der Waals surface area contributed by atoms with E-state index in [-0.39, 0.29) is 5.95 Å². The summed E-state index contributed by atoms with van der Waals surface area (Å²) in [5, 5.41) is 18.9. The van der Waals surface area contributed by atoms with E-state index >= 15 is 0 Å². The molecule has 3 N–H and O–H groups in total. The number of alkyl halides is 3. The quantitative estimate of drug-likeness (QED) is 0.759. The molecule has 19 heavy (non-hydrogen) atoms. The highest BCUT2D eigenvalue weighted by molar-refractivity contribution is 6.29. The van der Waals surface area contributed by atoms with Gasteiger partial charge in [0.1, 0.15) is 0 Å². The minimum absolute atomic E-state index is 0.246. The minimum Gasteiger partial charge on any atom is -0.475 e. The standard InChI is InChI=1S/C6H6ClN5.C2HF3O2/c1-3-2-4(7)11-12-5(3)9-10-6(12)8;3-2(4,5)1(6)7/h2H,1H3,(H2,8,10);(H,6,7). The topological polar surface area (TPSA) is 106 Å². The summed E-state index contributed by atoms with van der Waals surface area (Å²) in [6.07, 6.45) is -5.08. The maximum atomic E-state index is 10.6. The fourth-order valence-corrected chi connectivity index (χ4v) is 1.24. The minimum atomic E-state index is -5.08. The van der Waals surface area contributed by atoms with E-state index in [0.29, 0.717) is 10.8 Å². The van der Waals surface area contributed by atoms with Gasteiger partial charge in [0.2, 0.25) is 5.95 Å². The molecule has 0 aromatic carbocycles. The number of carboxylic acids is 1. The van der Waals surface area contributed by atoms with E-state index < -0.39 is 12.1 Å². The summed E-state index contributed by atoms with van der Waals surface area (Å²) in [7, 11) is 0. The van der Waals surface area contributed by atoms with Crippen molar-refractivity contribution in [1.29, 1.82) is 0 Å². The average Bonchev–Trinajstić information content (AvgIpc) is 2.60. The molecule has 0 saturated carbocycles. The number of fused-ring (bicyclic) bond motifs is 1. The Kier molecular flexibility index (Phi) is 4.14. The molecule has 0 radical (unpaired) electrons. The molecule has 2 heterocycles. The van der Waals surface area contributed by atoms with Crippen molar-refractivity contribution < 1.29 is 23.1 Å². The van der Waals surface area contributed by atoms with E-state index in [0.717, 1.165) is 5.56 Å². The van der Waals surface area contributed by atoms with Crippen LogP contribution in [0, 0.1) is 6.92 Å². The van der Waals surface area contributed by atoms with Crippen molar-refractivity contribution in [3.8, 4) is 0 Å². The van der Waals surface area contributed by atoms with Gasteiger partial charge in [-0.2, -0.15) is 22.8 Å². The lowest BCUT2D eigenvalue weighted by Crippen LogP contribution is -2.21. The lowest BCUT2D eigenvalue weighted by atomic mass is 10.3. The van der Waals surface area contributed by atoms with Gasteiger partial charge in [-0.05, 0) is 18.6 Å². The Bertz CT molecular complexity index is 612. The Morgan fingerprint density at radius 2 is 2.00 bits per heavy atom. The van der Waals surface area contributed by atoms with Crippen LogP contribution in [0.1, 0.15) is 5.56 Å². The van der Waals surface area contributed by atoms with Gasteiger partial charge in [-0.15, -0.1) is 10.2 Å². The Labute approximate surface area is 108 Å². The van der Waals surface area contributed by atoms with Crippen molar-refractivity contribution in [3.63, 3.8) is 0 Å². The first-order valence-corrected chi connectivity index (χ1v) is 4.95. The van der Waals surface area contributed by atoms with Crippen molar-refractivity contribution in [3.05, 3.63) is 16.8 Å². The predicted molar refractivity (Wildman–Crippen MR) is 58.6 cm³/mol. The maximum Gasteiger partial charge on any atom is 0.490 e. The Morgan fingerprint density at radius 3 is 2.47 bits per heavy atom. The number of hydrogen-bond donors (Lipinski definition) is 2. The van der Waals surface area contributed by atoms with Crippen molar-refractivity contribution in [1.82, 2.24) is 19.8 Å². The fourth-order valence-electron chi connectivity index (χ4n) is 1.00. The first-order chi connectivity index (χ1) is 8.62. The van der Waals surface area contributed by atoms with Gasteiger partial charge in [0.25, 0.3) is 0 Å². The monoisotopic (exact) mass is 297 g/mol. The summed E-state index contributed by atoms with van der Waals surface area (Å²) in [5.41, 5.74) is 7.02.